The van der Waals surface area contributed by atoms with Gasteiger partial charge in [-0.15, -0.1) is 0 Å². The Balaban J connectivity index is 1.80. The molecule has 8 heteroatoms. The van der Waals surface area contributed by atoms with Crippen LogP contribution in [0.5, 0.6) is 0 Å². The van der Waals surface area contributed by atoms with Gasteiger partial charge in [-0.25, -0.2) is 9.97 Å². The highest BCUT2D eigenvalue weighted by atomic mass is 35.5. The monoisotopic (exact) mass is 328 g/mol. The smallest absolute Gasteiger partial charge is 0.277 e. The third-order valence-electron chi connectivity index (χ3n) is 3.09. The molecule has 0 aliphatic rings. The van der Waals surface area contributed by atoms with Crippen molar-refractivity contribution < 1.29 is 4.79 Å². The van der Waals surface area contributed by atoms with Crippen molar-refractivity contribution in [2.75, 3.05) is 5.32 Å². The molecule has 0 unspecified atom stereocenters. The molecule has 0 fully saturated rings. The quantitative estimate of drug-likeness (QED) is 0.767. The molecule has 0 atom stereocenters. The van der Waals surface area contributed by atoms with Crippen LogP contribution in [0, 0.1) is 0 Å². The Bertz CT molecular complexity index is 833. The van der Waals surface area contributed by atoms with Gasteiger partial charge in [-0.05, 0) is 12.1 Å². The van der Waals surface area contributed by atoms with E-state index >= 15 is 0 Å². The van der Waals surface area contributed by atoms with Gasteiger partial charge >= 0.3 is 0 Å². The van der Waals surface area contributed by atoms with Crippen molar-refractivity contribution >= 4 is 23.3 Å². The summed E-state index contributed by atoms with van der Waals surface area (Å²) in [7, 11) is 0. The first-order valence-electron chi connectivity index (χ1n) is 6.97. The number of carbonyl (C=O) groups is 1. The number of aromatic amines is 1. The zero-order valence-electron chi connectivity index (χ0n) is 12.2. The lowest BCUT2D eigenvalue weighted by Gasteiger charge is -2.04. The predicted octanol–water partition coefficient (Wildman–Crippen LogP) is 2.73. The van der Waals surface area contributed by atoms with Gasteiger partial charge in [0.25, 0.3) is 5.91 Å². The number of pyridine rings is 1. The third kappa shape index (κ3) is 3.35. The fraction of sp³-hybridized carbons (Fsp3) is 0.133. The van der Waals surface area contributed by atoms with E-state index in [4.69, 9.17) is 11.6 Å². The number of nitrogens with zero attached hydrogens (tertiary/aromatic N) is 4. The normalized spacial score (nSPS) is 10.5. The van der Waals surface area contributed by atoms with Crippen LogP contribution in [0.4, 0.5) is 5.82 Å². The molecule has 3 aromatic rings. The predicted molar refractivity (Wildman–Crippen MR) is 86.2 cm³/mol. The van der Waals surface area contributed by atoms with Crippen molar-refractivity contribution in [3.8, 4) is 11.4 Å². The minimum Gasteiger partial charge on any atom is -0.304 e. The summed E-state index contributed by atoms with van der Waals surface area (Å²) in [4.78, 5) is 24.7. The summed E-state index contributed by atoms with van der Waals surface area (Å²) in [6.07, 6.45) is 3.72. The van der Waals surface area contributed by atoms with Gasteiger partial charge in [-0.1, -0.05) is 24.6 Å². The Morgan fingerprint density at radius 3 is 2.96 bits per heavy atom. The zero-order chi connectivity index (χ0) is 16.2. The SMILES string of the molecule is CCc1ncc(Cl)c(C(=O)Nc2cc(-c3ccccn3)[nH]n2)n1. The molecule has 0 aliphatic carbocycles. The van der Waals surface area contributed by atoms with E-state index in [9.17, 15) is 4.79 Å². The van der Waals surface area contributed by atoms with Crippen LogP contribution in [0.15, 0.2) is 36.7 Å². The van der Waals surface area contributed by atoms with E-state index < -0.39 is 5.91 Å². The van der Waals surface area contributed by atoms with Gasteiger partial charge < -0.3 is 5.32 Å². The van der Waals surface area contributed by atoms with E-state index in [-0.39, 0.29) is 10.7 Å². The lowest BCUT2D eigenvalue weighted by molar-refractivity contribution is 0.102. The van der Waals surface area contributed by atoms with E-state index in [1.165, 1.54) is 6.20 Å². The Morgan fingerprint density at radius 2 is 2.22 bits per heavy atom. The molecule has 3 rings (SSSR count). The first-order valence-corrected chi connectivity index (χ1v) is 7.34. The third-order valence-corrected chi connectivity index (χ3v) is 3.36. The fourth-order valence-electron chi connectivity index (χ4n) is 1.95. The largest absolute Gasteiger partial charge is 0.304 e. The average molecular weight is 329 g/mol. The number of nitrogens with one attached hydrogen (secondary N) is 2. The number of halogens is 1. The van der Waals surface area contributed by atoms with E-state index in [1.807, 2.05) is 25.1 Å². The maximum atomic E-state index is 12.3. The second kappa shape index (κ2) is 6.53. The molecule has 0 saturated carbocycles. The Kier molecular flexibility index (Phi) is 4.29. The average Bonchev–Trinajstić information content (AvgIpc) is 3.04. The molecule has 0 aliphatic heterocycles. The van der Waals surface area contributed by atoms with Gasteiger partial charge in [0, 0.05) is 18.7 Å². The van der Waals surface area contributed by atoms with Crippen LogP contribution in [-0.2, 0) is 6.42 Å². The van der Waals surface area contributed by atoms with Crippen LogP contribution in [-0.4, -0.2) is 31.1 Å². The van der Waals surface area contributed by atoms with Crippen molar-refractivity contribution in [3.05, 3.63) is 53.2 Å². The summed E-state index contributed by atoms with van der Waals surface area (Å²) in [5.41, 5.74) is 1.55. The summed E-state index contributed by atoms with van der Waals surface area (Å²) >= 11 is 5.99. The number of hydrogen-bond acceptors (Lipinski definition) is 5. The maximum absolute atomic E-state index is 12.3. The molecular formula is C15H13ClN6O. The van der Waals surface area contributed by atoms with Crippen molar-refractivity contribution in [1.29, 1.82) is 0 Å². The molecule has 3 aromatic heterocycles. The van der Waals surface area contributed by atoms with Crippen LogP contribution in [0.1, 0.15) is 23.2 Å². The molecule has 7 nitrogen and oxygen atoms in total. The number of aromatic nitrogens is 5. The van der Waals surface area contributed by atoms with Gasteiger partial charge in [0.05, 0.1) is 22.6 Å². The second-order valence-corrected chi connectivity index (χ2v) is 5.08. The minimum atomic E-state index is -0.439. The highest BCUT2D eigenvalue weighted by Gasteiger charge is 2.15. The van der Waals surface area contributed by atoms with Crippen LogP contribution in [0.3, 0.4) is 0 Å². The molecule has 3 heterocycles. The van der Waals surface area contributed by atoms with E-state index in [1.54, 1.807) is 12.3 Å². The van der Waals surface area contributed by atoms with Gasteiger partial charge in [0.15, 0.2) is 11.5 Å². The van der Waals surface area contributed by atoms with Crippen LogP contribution in [0.2, 0.25) is 5.02 Å². The first kappa shape index (κ1) is 15.1. The molecule has 0 saturated heterocycles. The van der Waals surface area contributed by atoms with Crippen molar-refractivity contribution in [3.63, 3.8) is 0 Å². The molecule has 0 bridgehead atoms. The lowest BCUT2D eigenvalue weighted by atomic mass is 10.3. The number of H-pyrrole nitrogens is 1. The number of rotatable bonds is 4. The Morgan fingerprint density at radius 1 is 1.35 bits per heavy atom. The number of hydrogen-bond donors (Lipinski definition) is 2. The van der Waals surface area contributed by atoms with Gasteiger partial charge in [0.2, 0.25) is 0 Å². The summed E-state index contributed by atoms with van der Waals surface area (Å²) in [6.45, 7) is 1.90. The van der Waals surface area contributed by atoms with E-state index in [0.717, 1.165) is 5.69 Å². The fourth-order valence-corrected chi connectivity index (χ4v) is 2.12. The van der Waals surface area contributed by atoms with E-state index in [0.29, 0.717) is 23.8 Å². The molecule has 0 spiro atoms. The van der Waals surface area contributed by atoms with Gasteiger partial charge in [-0.3, -0.25) is 14.9 Å². The van der Waals surface area contributed by atoms with Gasteiger partial charge in [0.1, 0.15) is 5.82 Å². The Hall–Kier alpha value is -2.80. The molecule has 23 heavy (non-hydrogen) atoms. The summed E-state index contributed by atoms with van der Waals surface area (Å²) in [6, 6.07) is 7.23. The summed E-state index contributed by atoms with van der Waals surface area (Å²) in [5, 5.41) is 9.72. The number of aryl methyl sites for hydroxylation is 1. The molecule has 116 valence electrons. The zero-order valence-corrected chi connectivity index (χ0v) is 13.0. The maximum Gasteiger partial charge on any atom is 0.277 e. The van der Waals surface area contributed by atoms with Crippen molar-refractivity contribution in [2.24, 2.45) is 0 Å². The molecule has 0 radical (unpaired) electrons. The Labute approximate surface area is 137 Å². The molecule has 0 aromatic carbocycles. The molecular weight excluding hydrogens is 316 g/mol. The highest BCUT2D eigenvalue weighted by molar-refractivity contribution is 6.33. The number of amides is 1. The minimum absolute atomic E-state index is 0.126. The lowest BCUT2D eigenvalue weighted by Crippen LogP contribution is -2.16. The van der Waals surface area contributed by atoms with Crippen LogP contribution in [0.25, 0.3) is 11.4 Å². The number of carbonyl (C=O) groups excluding carboxylic acids is 1. The topological polar surface area (TPSA) is 96.5 Å². The van der Waals surface area contributed by atoms with Crippen LogP contribution < -0.4 is 5.32 Å². The van der Waals surface area contributed by atoms with Crippen molar-refractivity contribution in [2.45, 2.75) is 13.3 Å². The highest BCUT2D eigenvalue weighted by Crippen LogP contribution is 2.18. The molecule has 1 amide bonds. The number of anilines is 1. The van der Waals surface area contributed by atoms with E-state index in [2.05, 4.69) is 30.5 Å². The second-order valence-electron chi connectivity index (χ2n) is 4.67. The summed E-state index contributed by atoms with van der Waals surface area (Å²) in [5.74, 6) is 0.477. The standard InChI is InChI=1S/C15H13ClN6O/c1-2-12-18-8-9(16)14(19-12)15(23)20-13-7-11(21-22-13)10-5-3-4-6-17-10/h3-8H,2H2,1H3,(H2,20,21,22,23). The van der Waals surface area contributed by atoms with Crippen LogP contribution >= 0.6 is 11.6 Å². The van der Waals surface area contributed by atoms with Crippen molar-refractivity contribution in [1.82, 2.24) is 25.1 Å². The first-order chi connectivity index (χ1) is 11.2. The molecule has 2 N–H and O–H groups in total. The van der Waals surface area contributed by atoms with Gasteiger partial charge in [-0.2, -0.15) is 5.10 Å². The summed E-state index contributed by atoms with van der Waals surface area (Å²) < 4.78 is 0.